The maximum atomic E-state index is 13.4. The van der Waals surface area contributed by atoms with Crippen LogP contribution in [0.4, 0.5) is 20.2 Å². The number of hydrogen-bond donors (Lipinski definition) is 1. The van der Waals surface area contributed by atoms with Crippen LogP contribution in [0.25, 0.3) is 0 Å². The van der Waals surface area contributed by atoms with Gasteiger partial charge >= 0.3 is 5.97 Å². The number of nitrogens with zero attached hydrogens (tertiary/aromatic N) is 2. The molecular weight excluding hydrogens is 298 g/mol. The first kappa shape index (κ1) is 16.1. The highest BCUT2D eigenvalue weighted by Crippen LogP contribution is 2.34. The molecule has 0 bridgehead atoms. The number of alkyl halides is 2. The lowest BCUT2D eigenvalue weighted by molar-refractivity contribution is -0.385. The topological polar surface area (TPSA) is 83.7 Å². The third-order valence-electron chi connectivity index (χ3n) is 3.88. The van der Waals surface area contributed by atoms with E-state index in [1.165, 1.54) is 19.1 Å². The number of carboxylic acid groups (broad SMARTS) is 1. The van der Waals surface area contributed by atoms with Gasteiger partial charge in [-0.1, -0.05) is 0 Å². The Labute approximate surface area is 125 Å². The van der Waals surface area contributed by atoms with Crippen LogP contribution < -0.4 is 4.90 Å². The van der Waals surface area contributed by atoms with Crippen LogP contribution in [0.1, 0.15) is 35.2 Å². The summed E-state index contributed by atoms with van der Waals surface area (Å²) in [4.78, 5) is 23.3. The second-order valence-electron chi connectivity index (χ2n) is 5.36. The van der Waals surface area contributed by atoms with Gasteiger partial charge in [-0.3, -0.25) is 10.1 Å². The number of anilines is 1. The van der Waals surface area contributed by atoms with Crippen molar-refractivity contribution < 1.29 is 23.6 Å². The van der Waals surface area contributed by atoms with Gasteiger partial charge in [-0.05, 0) is 19.4 Å². The maximum Gasteiger partial charge on any atom is 0.338 e. The predicted molar refractivity (Wildman–Crippen MR) is 75.8 cm³/mol. The van der Waals surface area contributed by atoms with Crippen molar-refractivity contribution in [1.29, 1.82) is 0 Å². The summed E-state index contributed by atoms with van der Waals surface area (Å²) >= 11 is 0. The van der Waals surface area contributed by atoms with Crippen LogP contribution in [0.2, 0.25) is 0 Å². The van der Waals surface area contributed by atoms with Gasteiger partial charge in [-0.25, -0.2) is 13.6 Å². The van der Waals surface area contributed by atoms with Gasteiger partial charge in [-0.15, -0.1) is 0 Å². The Kier molecular flexibility index (Phi) is 4.30. The van der Waals surface area contributed by atoms with Crippen LogP contribution >= 0.6 is 0 Å². The predicted octanol–water partition coefficient (Wildman–Crippen LogP) is 3.23. The van der Waals surface area contributed by atoms with Crippen LogP contribution in [0, 0.1) is 17.0 Å². The van der Waals surface area contributed by atoms with E-state index in [1.807, 2.05) is 0 Å². The largest absolute Gasteiger partial charge is 0.478 e. The summed E-state index contributed by atoms with van der Waals surface area (Å²) in [6.07, 6.45) is -0.359. The summed E-state index contributed by atoms with van der Waals surface area (Å²) in [5.74, 6) is -4.05. The van der Waals surface area contributed by atoms with Crippen molar-refractivity contribution in [2.24, 2.45) is 0 Å². The number of hydrogen-bond acceptors (Lipinski definition) is 4. The fourth-order valence-electron chi connectivity index (χ4n) is 2.72. The van der Waals surface area contributed by atoms with Crippen molar-refractivity contribution in [1.82, 2.24) is 0 Å². The van der Waals surface area contributed by atoms with E-state index in [9.17, 15) is 28.8 Å². The van der Waals surface area contributed by atoms with Crippen molar-refractivity contribution in [3.05, 3.63) is 33.4 Å². The Morgan fingerprint density at radius 2 is 2.05 bits per heavy atom. The van der Waals surface area contributed by atoms with E-state index in [2.05, 4.69) is 0 Å². The Hall–Kier alpha value is -2.25. The molecule has 0 saturated carbocycles. The van der Waals surface area contributed by atoms with E-state index in [0.29, 0.717) is 6.54 Å². The van der Waals surface area contributed by atoms with Gasteiger partial charge < -0.3 is 10.0 Å². The van der Waals surface area contributed by atoms with Crippen LogP contribution in [0.3, 0.4) is 0 Å². The number of nitro benzene ring substituents is 1. The molecule has 0 radical (unpaired) electrons. The lowest BCUT2D eigenvalue weighted by Gasteiger charge is -2.25. The molecule has 0 atom stereocenters. The molecule has 120 valence electrons. The summed E-state index contributed by atoms with van der Waals surface area (Å²) in [5.41, 5.74) is -0.194. The molecule has 22 heavy (non-hydrogen) atoms. The zero-order valence-electron chi connectivity index (χ0n) is 12.0. The SMILES string of the molecule is Cc1c([N+](=O)[O-])ccc(N2CCCC(F)(F)CC2)c1C(=O)O. The van der Waals surface area contributed by atoms with Crippen molar-refractivity contribution in [3.8, 4) is 0 Å². The minimum absolute atomic E-state index is 0.0184. The maximum absolute atomic E-state index is 13.4. The van der Waals surface area contributed by atoms with Crippen molar-refractivity contribution in [2.75, 3.05) is 18.0 Å². The van der Waals surface area contributed by atoms with Gasteiger partial charge in [-0.2, -0.15) is 0 Å². The van der Waals surface area contributed by atoms with Crippen LogP contribution in [0.5, 0.6) is 0 Å². The van der Waals surface area contributed by atoms with E-state index in [1.54, 1.807) is 4.90 Å². The molecule has 6 nitrogen and oxygen atoms in total. The molecule has 1 N–H and O–H groups in total. The van der Waals surface area contributed by atoms with Gasteiger partial charge in [0.2, 0.25) is 5.92 Å². The quantitative estimate of drug-likeness (QED) is 0.684. The molecule has 0 amide bonds. The highest BCUT2D eigenvalue weighted by Gasteiger charge is 2.33. The summed E-state index contributed by atoms with van der Waals surface area (Å²) in [6, 6.07) is 2.55. The molecule has 1 aromatic carbocycles. The number of aromatic carboxylic acids is 1. The lowest BCUT2D eigenvalue weighted by atomic mass is 10.0. The van der Waals surface area contributed by atoms with Gasteiger partial charge in [0.05, 0.1) is 16.2 Å². The first-order valence-corrected chi connectivity index (χ1v) is 6.87. The molecule has 1 aliphatic rings. The van der Waals surface area contributed by atoms with Crippen molar-refractivity contribution >= 4 is 17.3 Å². The molecule has 2 rings (SSSR count). The molecule has 1 saturated heterocycles. The van der Waals surface area contributed by atoms with E-state index in [-0.39, 0.29) is 48.3 Å². The van der Waals surface area contributed by atoms with Crippen LogP contribution in [-0.2, 0) is 0 Å². The standard InChI is InChI=1S/C14H16F2N2O4/c1-9-10(18(21)22)3-4-11(12(9)13(19)20)17-7-2-5-14(15,16)6-8-17/h3-4H,2,5-8H2,1H3,(H,19,20). The summed E-state index contributed by atoms with van der Waals surface area (Å²) in [5, 5.41) is 20.3. The van der Waals surface area contributed by atoms with Crippen molar-refractivity contribution in [3.63, 3.8) is 0 Å². The molecule has 1 fully saturated rings. The minimum Gasteiger partial charge on any atom is -0.478 e. The van der Waals surface area contributed by atoms with E-state index in [4.69, 9.17) is 0 Å². The first-order chi connectivity index (χ1) is 10.2. The van der Waals surface area contributed by atoms with Gasteiger partial charge in [0, 0.05) is 37.6 Å². The molecule has 1 heterocycles. The monoisotopic (exact) mass is 314 g/mol. The normalized spacial score (nSPS) is 17.9. The van der Waals surface area contributed by atoms with Gasteiger partial charge in [0.25, 0.3) is 5.69 Å². The molecule has 1 aliphatic heterocycles. The number of rotatable bonds is 3. The Morgan fingerprint density at radius 3 is 2.64 bits per heavy atom. The van der Waals surface area contributed by atoms with Crippen LogP contribution in [0.15, 0.2) is 12.1 Å². The lowest BCUT2D eigenvalue weighted by Crippen LogP contribution is -2.28. The molecule has 1 aromatic rings. The zero-order valence-corrected chi connectivity index (χ0v) is 12.0. The van der Waals surface area contributed by atoms with E-state index in [0.717, 1.165) is 0 Å². The molecular formula is C14H16F2N2O4. The van der Waals surface area contributed by atoms with Gasteiger partial charge in [0.15, 0.2) is 0 Å². The third-order valence-corrected chi connectivity index (χ3v) is 3.88. The number of benzene rings is 1. The summed E-state index contributed by atoms with van der Waals surface area (Å²) in [6.45, 7) is 1.68. The third kappa shape index (κ3) is 3.15. The smallest absolute Gasteiger partial charge is 0.338 e. The molecule has 0 aromatic heterocycles. The van der Waals surface area contributed by atoms with Crippen molar-refractivity contribution in [2.45, 2.75) is 32.1 Å². The van der Waals surface area contributed by atoms with E-state index < -0.39 is 16.8 Å². The average Bonchev–Trinajstić information content (AvgIpc) is 2.58. The average molecular weight is 314 g/mol. The molecule has 0 unspecified atom stereocenters. The number of carbonyl (C=O) groups is 1. The highest BCUT2D eigenvalue weighted by molar-refractivity contribution is 5.97. The summed E-state index contributed by atoms with van der Waals surface area (Å²) in [7, 11) is 0. The van der Waals surface area contributed by atoms with Gasteiger partial charge in [0.1, 0.15) is 0 Å². The fraction of sp³-hybridized carbons (Fsp3) is 0.500. The minimum atomic E-state index is -2.76. The molecule has 0 aliphatic carbocycles. The number of carboxylic acids is 1. The molecule has 8 heteroatoms. The Balaban J connectivity index is 2.44. The van der Waals surface area contributed by atoms with Crippen LogP contribution in [-0.4, -0.2) is 35.0 Å². The number of nitro groups is 1. The zero-order chi connectivity index (χ0) is 16.5. The summed E-state index contributed by atoms with van der Waals surface area (Å²) < 4.78 is 26.9. The first-order valence-electron chi connectivity index (χ1n) is 6.87. The second kappa shape index (κ2) is 5.86. The Bertz CT molecular complexity index is 619. The number of halogens is 2. The fourth-order valence-corrected chi connectivity index (χ4v) is 2.72. The van der Waals surface area contributed by atoms with E-state index >= 15 is 0 Å². The Morgan fingerprint density at radius 1 is 1.36 bits per heavy atom. The highest BCUT2D eigenvalue weighted by atomic mass is 19.3. The molecule has 0 spiro atoms. The second-order valence-corrected chi connectivity index (χ2v) is 5.36.